The van der Waals surface area contributed by atoms with Gasteiger partial charge in [0.2, 0.25) is 0 Å². The SMILES string of the molecule is CCCCCCCCCCCCCCCCCCCCCCCCCCCCCCCCC(=O)OC(COC(=O)CCCCCCCCCCCCCCCCCCCCCCCCCCCCCCC)COP(=O)(O)OCC[N+](C)(C)C. The lowest BCUT2D eigenvalue weighted by molar-refractivity contribution is -0.870. The van der Waals surface area contributed by atoms with Gasteiger partial charge in [0.1, 0.15) is 19.8 Å². The average molecular weight is 1200 g/mol. The summed E-state index contributed by atoms with van der Waals surface area (Å²) in [7, 11) is 1.51. The van der Waals surface area contributed by atoms with Crippen molar-refractivity contribution < 1.29 is 42.1 Å². The number of phosphoric ester groups is 1. The Morgan fingerprint density at radius 1 is 0.325 bits per heavy atom. The van der Waals surface area contributed by atoms with Gasteiger partial charge in [0.25, 0.3) is 0 Å². The summed E-state index contributed by atoms with van der Waals surface area (Å²) in [5.74, 6) is -0.766. The molecule has 0 aromatic rings. The second kappa shape index (κ2) is 65.5. The Hall–Kier alpha value is -0.990. The summed E-state index contributed by atoms with van der Waals surface area (Å²) in [5, 5.41) is 0. The third-order valence-corrected chi connectivity index (χ3v) is 18.4. The number of carbonyl (C=O) groups is 2. The van der Waals surface area contributed by atoms with Crippen molar-refractivity contribution in [2.24, 2.45) is 0 Å². The van der Waals surface area contributed by atoms with Gasteiger partial charge in [-0.05, 0) is 12.8 Å². The van der Waals surface area contributed by atoms with Crippen LogP contribution in [-0.2, 0) is 32.7 Å². The summed E-state index contributed by atoms with van der Waals surface area (Å²) in [6.45, 7) is 4.54. The van der Waals surface area contributed by atoms with Crippen molar-refractivity contribution in [1.29, 1.82) is 0 Å². The van der Waals surface area contributed by atoms with Crippen molar-refractivity contribution in [3.63, 3.8) is 0 Å². The number of unbranched alkanes of at least 4 members (excludes halogenated alkanes) is 57. The molecule has 0 bridgehead atoms. The minimum absolute atomic E-state index is 0.0378. The van der Waals surface area contributed by atoms with Gasteiger partial charge in [0.05, 0.1) is 27.7 Å². The number of phosphoric acid groups is 1. The molecule has 0 saturated heterocycles. The van der Waals surface area contributed by atoms with Crippen LogP contribution in [0.4, 0.5) is 0 Å². The fourth-order valence-electron chi connectivity index (χ4n) is 11.7. The van der Waals surface area contributed by atoms with Gasteiger partial charge in [-0.3, -0.25) is 18.6 Å². The van der Waals surface area contributed by atoms with Crippen LogP contribution in [0, 0.1) is 0 Å². The molecule has 0 aliphatic heterocycles. The molecule has 0 radical (unpaired) electrons. The molecule has 2 unspecified atom stereocenters. The lowest BCUT2D eigenvalue weighted by Crippen LogP contribution is -2.37. The van der Waals surface area contributed by atoms with Crippen LogP contribution in [0.15, 0.2) is 0 Å². The number of hydrogen-bond donors (Lipinski definition) is 1. The zero-order valence-corrected chi connectivity index (χ0v) is 57.6. The lowest BCUT2D eigenvalue weighted by atomic mass is 10.0. The van der Waals surface area contributed by atoms with E-state index in [0.29, 0.717) is 17.4 Å². The predicted molar refractivity (Wildman–Crippen MR) is 358 cm³/mol. The number of hydrogen-bond acceptors (Lipinski definition) is 7. The second-order valence-electron chi connectivity index (χ2n) is 27.1. The minimum atomic E-state index is -4.39. The van der Waals surface area contributed by atoms with Gasteiger partial charge in [0, 0.05) is 12.8 Å². The molecule has 0 aromatic heterocycles. The fraction of sp³-hybridized carbons (Fsp3) is 0.973. The Labute approximate surface area is 518 Å². The third kappa shape index (κ3) is 70.0. The van der Waals surface area contributed by atoms with Crippen molar-refractivity contribution in [2.45, 2.75) is 412 Å². The fourth-order valence-corrected chi connectivity index (χ4v) is 12.4. The van der Waals surface area contributed by atoms with Crippen molar-refractivity contribution >= 4 is 19.8 Å². The summed E-state index contributed by atoms with van der Waals surface area (Å²) in [6.07, 6.45) is 79.5. The number of carbonyl (C=O) groups excluding carboxylic acids is 2. The van der Waals surface area contributed by atoms with Gasteiger partial charge in [-0.1, -0.05) is 380 Å². The number of ether oxygens (including phenoxy) is 2. The zero-order chi connectivity index (χ0) is 60.5. The van der Waals surface area contributed by atoms with Crippen LogP contribution >= 0.6 is 7.82 Å². The number of quaternary nitrogens is 1. The Morgan fingerprint density at radius 3 is 0.771 bits per heavy atom. The summed E-state index contributed by atoms with van der Waals surface area (Å²) >= 11 is 0. The van der Waals surface area contributed by atoms with Crippen molar-refractivity contribution in [2.75, 3.05) is 47.5 Å². The van der Waals surface area contributed by atoms with E-state index >= 15 is 0 Å². The van der Waals surface area contributed by atoms with E-state index in [1.54, 1.807) is 0 Å². The molecule has 0 aromatic carbocycles. The van der Waals surface area contributed by atoms with Crippen LogP contribution in [0.5, 0.6) is 0 Å². The molecule has 0 rings (SSSR count). The number of esters is 2. The molecule has 0 amide bonds. The highest BCUT2D eigenvalue weighted by molar-refractivity contribution is 7.47. The van der Waals surface area contributed by atoms with E-state index in [2.05, 4.69) is 13.8 Å². The first-order chi connectivity index (χ1) is 40.5. The quantitative estimate of drug-likeness (QED) is 0.0278. The Kier molecular flexibility index (Phi) is 64.7. The number of rotatable bonds is 71. The maximum Gasteiger partial charge on any atom is 0.472 e. The van der Waals surface area contributed by atoms with E-state index in [1.807, 2.05) is 21.1 Å². The molecular weight excluding hydrogens is 1050 g/mol. The molecule has 496 valence electrons. The molecule has 9 nitrogen and oxygen atoms in total. The van der Waals surface area contributed by atoms with E-state index in [9.17, 15) is 19.0 Å². The number of likely N-dealkylation sites (N-methyl/N-ethyl adjacent to an activating group) is 1. The zero-order valence-electron chi connectivity index (χ0n) is 56.7. The third-order valence-electron chi connectivity index (χ3n) is 17.4. The smallest absolute Gasteiger partial charge is 0.462 e. The van der Waals surface area contributed by atoms with Gasteiger partial charge >= 0.3 is 19.8 Å². The van der Waals surface area contributed by atoms with Crippen LogP contribution in [0.2, 0.25) is 0 Å². The van der Waals surface area contributed by atoms with E-state index < -0.39 is 26.5 Å². The van der Waals surface area contributed by atoms with Crippen LogP contribution in [-0.4, -0.2) is 74.9 Å². The molecule has 1 N–H and O–H groups in total. The highest BCUT2D eigenvalue weighted by Crippen LogP contribution is 2.43. The van der Waals surface area contributed by atoms with Crippen LogP contribution in [0.25, 0.3) is 0 Å². The molecule has 0 aliphatic carbocycles. The topological polar surface area (TPSA) is 108 Å². The minimum Gasteiger partial charge on any atom is -0.462 e. The predicted octanol–water partition coefficient (Wildman–Crippen LogP) is 24.1. The van der Waals surface area contributed by atoms with E-state index in [4.69, 9.17) is 18.5 Å². The second-order valence-corrected chi connectivity index (χ2v) is 28.5. The van der Waals surface area contributed by atoms with Crippen LogP contribution < -0.4 is 0 Å². The van der Waals surface area contributed by atoms with E-state index in [-0.39, 0.29) is 25.6 Å². The normalized spacial score (nSPS) is 13.0. The Morgan fingerprint density at radius 2 is 0.542 bits per heavy atom. The molecule has 0 spiro atoms. The first-order valence-corrected chi connectivity index (χ1v) is 38.8. The average Bonchev–Trinajstić information content (AvgIpc) is 3.49. The molecule has 0 heterocycles. The van der Waals surface area contributed by atoms with Crippen LogP contribution in [0.1, 0.15) is 406 Å². The van der Waals surface area contributed by atoms with Crippen molar-refractivity contribution in [3.8, 4) is 0 Å². The maximum absolute atomic E-state index is 12.9. The lowest BCUT2D eigenvalue weighted by Gasteiger charge is -2.24. The molecule has 0 fully saturated rings. The van der Waals surface area contributed by atoms with E-state index in [1.165, 1.54) is 340 Å². The molecular formula is C73H147NO8P+. The van der Waals surface area contributed by atoms with Crippen molar-refractivity contribution in [1.82, 2.24) is 0 Å². The number of nitrogens with zero attached hydrogens (tertiary/aromatic N) is 1. The van der Waals surface area contributed by atoms with Gasteiger partial charge < -0.3 is 18.9 Å². The first kappa shape index (κ1) is 82.0. The maximum atomic E-state index is 12.9. The van der Waals surface area contributed by atoms with Gasteiger partial charge in [-0.2, -0.15) is 0 Å². The molecule has 83 heavy (non-hydrogen) atoms. The van der Waals surface area contributed by atoms with Gasteiger partial charge in [0.15, 0.2) is 6.10 Å². The van der Waals surface area contributed by atoms with Crippen molar-refractivity contribution in [3.05, 3.63) is 0 Å². The Bertz CT molecular complexity index is 1360. The molecule has 2 atom stereocenters. The van der Waals surface area contributed by atoms with E-state index in [0.717, 1.165) is 38.5 Å². The first-order valence-electron chi connectivity index (χ1n) is 37.3. The molecule has 0 saturated carbocycles. The summed E-state index contributed by atoms with van der Waals surface area (Å²) in [4.78, 5) is 35.9. The standard InChI is InChI=1S/C73H146NO8P/c1-6-8-10-12-14-16-18-20-22-24-26-28-30-32-34-36-38-40-42-44-46-48-50-52-54-56-58-60-62-64-66-73(76)82-71(70-81-83(77,78)80-68-67-74(3,4)5)69-79-72(75)65-63-61-59-57-55-53-51-49-47-45-43-41-39-37-35-33-31-29-27-25-23-21-19-17-15-13-11-9-7-2/h71H,6-70H2,1-5H3/p+1. The van der Waals surface area contributed by atoms with Crippen LogP contribution in [0.3, 0.4) is 0 Å². The summed E-state index contributed by atoms with van der Waals surface area (Å²) in [6, 6.07) is 0. The summed E-state index contributed by atoms with van der Waals surface area (Å²) < 4.78 is 34.8. The highest BCUT2D eigenvalue weighted by atomic mass is 31.2. The van der Waals surface area contributed by atoms with Gasteiger partial charge in [-0.25, -0.2) is 4.57 Å². The Balaban J connectivity index is 3.93. The van der Waals surface area contributed by atoms with Gasteiger partial charge in [-0.15, -0.1) is 0 Å². The molecule has 0 aliphatic rings. The summed E-state index contributed by atoms with van der Waals surface area (Å²) in [5.41, 5.74) is 0. The monoisotopic (exact) mass is 1200 g/mol. The largest absolute Gasteiger partial charge is 0.472 e. The molecule has 10 heteroatoms. The highest BCUT2D eigenvalue weighted by Gasteiger charge is 2.27.